The van der Waals surface area contributed by atoms with Crippen molar-refractivity contribution in [2.24, 2.45) is 0 Å². The number of nitrogens with zero attached hydrogens (tertiary/aromatic N) is 2. The lowest BCUT2D eigenvalue weighted by Gasteiger charge is -2.25. The maximum Gasteiger partial charge on any atom is 0.272 e. The molecule has 3 N–H and O–H groups in total. The van der Waals surface area contributed by atoms with Crippen molar-refractivity contribution < 1.29 is 9.90 Å². The van der Waals surface area contributed by atoms with Gasteiger partial charge >= 0.3 is 0 Å². The molecule has 0 aliphatic heterocycles. The number of aromatic nitrogens is 1. The molecule has 1 amide bonds. The number of aliphatic hydroxyl groups is 1. The lowest BCUT2D eigenvalue weighted by Crippen LogP contribution is -2.39. The van der Waals surface area contributed by atoms with E-state index in [0.717, 1.165) is 5.39 Å². The van der Waals surface area contributed by atoms with Crippen LogP contribution in [0, 0.1) is 0 Å². The highest BCUT2D eigenvalue weighted by Crippen LogP contribution is 2.21. The fraction of sp³-hybridized carbons (Fsp3) is 0.333. The Kier molecular flexibility index (Phi) is 4.20. The molecule has 0 saturated carbocycles. The van der Waals surface area contributed by atoms with Gasteiger partial charge in [-0.2, -0.15) is 0 Å². The summed E-state index contributed by atoms with van der Waals surface area (Å²) < 4.78 is 0. The van der Waals surface area contributed by atoms with Crippen LogP contribution in [0.1, 0.15) is 24.3 Å². The van der Waals surface area contributed by atoms with Crippen LogP contribution in [0.3, 0.4) is 0 Å². The molecule has 0 atom stereocenters. The molecule has 0 unspecified atom stereocenters. The van der Waals surface area contributed by atoms with E-state index < -0.39 is 0 Å². The maximum atomic E-state index is 12.5. The number of amides is 1. The van der Waals surface area contributed by atoms with Gasteiger partial charge < -0.3 is 15.7 Å². The summed E-state index contributed by atoms with van der Waals surface area (Å²) in [5.74, 6) is -0.216. The summed E-state index contributed by atoms with van der Waals surface area (Å²) in [7, 11) is 0. The number of carbonyl (C=O) groups excluding carboxylic acids is 1. The van der Waals surface area contributed by atoms with Gasteiger partial charge in [0.25, 0.3) is 5.91 Å². The van der Waals surface area contributed by atoms with Crippen LogP contribution < -0.4 is 5.73 Å². The Morgan fingerprint density at radius 1 is 1.40 bits per heavy atom. The number of carbonyl (C=O) groups is 1. The summed E-state index contributed by atoms with van der Waals surface area (Å²) in [5.41, 5.74) is 7.53. The van der Waals surface area contributed by atoms with Crippen LogP contribution in [-0.4, -0.2) is 40.1 Å². The van der Waals surface area contributed by atoms with Gasteiger partial charge in [-0.25, -0.2) is 4.98 Å². The van der Waals surface area contributed by atoms with E-state index in [0.29, 0.717) is 16.9 Å². The molecule has 0 aliphatic carbocycles. The molecule has 0 bridgehead atoms. The topological polar surface area (TPSA) is 79.5 Å². The molecule has 1 aromatic carbocycles. The number of para-hydroxylation sites is 1. The minimum atomic E-state index is -0.216. The molecule has 2 aromatic rings. The first-order valence-corrected chi connectivity index (χ1v) is 6.61. The Balaban J connectivity index is 2.44. The zero-order valence-electron chi connectivity index (χ0n) is 11.7. The summed E-state index contributed by atoms with van der Waals surface area (Å²) in [6.07, 6.45) is 0. The number of anilines is 1. The van der Waals surface area contributed by atoms with Gasteiger partial charge in [-0.05, 0) is 26.0 Å². The largest absolute Gasteiger partial charge is 0.398 e. The van der Waals surface area contributed by atoms with Crippen molar-refractivity contribution >= 4 is 22.5 Å². The van der Waals surface area contributed by atoms with Crippen molar-refractivity contribution in [2.75, 3.05) is 18.9 Å². The van der Waals surface area contributed by atoms with E-state index in [9.17, 15) is 4.79 Å². The smallest absolute Gasteiger partial charge is 0.272 e. The number of nitrogens with two attached hydrogens (primary N) is 1. The van der Waals surface area contributed by atoms with Gasteiger partial charge in [-0.1, -0.05) is 18.2 Å². The van der Waals surface area contributed by atoms with Crippen LogP contribution >= 0.6 is 0 Å². The number of hydrogen-bond donors (Lipinski definition) is 2. The minimum Gasteiger partial charge on any atom is -0.398 e. The van der Waals surface area contributed by atoms with Crippen LogP contribution in [0.25, 0.3) is 10.9 Å². The van der Waals surface area contributed by atoms with E-state index in [-0.39, 0.29) is 25.1 Å². The molecular weight excluding hydrogens is 254 g/mol. The molecule has 0 saturated heterocycles. The minimum absolute atomic E-state index is 0.0101. The number of fused-ring (bicyclic) bond motifs is 1. The number of hydrogen-bond acceptors (Lipinski definition) is 4. The molecule has 1 aromatic heterocycles. The first-order valence-electron chi connectivity index (χ1n) is 6.61. The Morgan fingerprint density at radius 3 is 2.75 bits per heavy atom. The zero-order chi connectivity index (χ0) is 14.7. The van der Waals surface area contributed by atoms with Crippen LogP contribution in [0.5, 0.6) is 0 Å². The summed E-state index contributed by atoms with van der Waals surface area (Å²) in [6.45, 7) is 4.01. The molecule has 5 nitrogen and oxygen atoms in total. The highest BCUT2D eigenvalue weighted by Gasteiger charge is 2.20. The summed E-state index contributed by atoms with van der Waals surface area (Å²) in [5, 5.41) is 9.90. The van der Waals surface area contributed by atoms with Crippen molar-refractivity contribution in [3.63, 3.8) is 0 Å². The van der Waals surface area contributed by atoms with Crippen molar-refractivity contribution in [3.8, 4) is 0 Å². The van der Waals surface area contributed by atoms with E-state index >= 15 is 0 Å². The average Bonchev–Trinajstić information content (AvgIpc) is 2.43. The molecule has 1 heterocycles. The Hall–Kier alpha value is -2.14. The number of pyridine rings is 1. The molecule has 5 heteroatoms. The fourth-order valence-electron chi connectivity index (χ4n) is 2.16. The molecule has 106 valence electrons. The molecule has 20 heavy (non-hydrogen) atoms. The normalized spacial score (nSPS) is 11.0. The maximum absolute atomic E-state index is 12.5. The van der Waals surface area contributed by atoms with Gasteiger partial charge in [0.1, 0.15) is 5.69 Å². The Morgan fingerprint density at radius 2 is 2.10 bits per heavy atom. The first-order chi connectivity index (χ1) is 9.54. The fourth-order valence-corrected chi connectivity index (χ4v) is 2.16. The molecule has 0 fully saturated rings. The van der Waals surface area contributed by atoms with Crippen molar-refractivity contribution in [2.45, 2.75) is 19.9 Å². The van der Waals surface area contributed by atoms with Gasteiger partial charge in [0, 0.05) is 23.7 Å². The van der Waals surface area contributed by atoms with E-state index in [4.69, 9.17) is 10.8 Å². The lowest BCUT2D eigenvalue weighted by atomic mass is 10.1. The summed E-state index contributed by atoms with van der Waals surface area (Å²) in [4.78, 5) is 18.4. The molecule has 0 radical (unpaired) electrons. The van der Waals surface area contributed by atoms with Crippen molar-refractivity contribution in [1.29, 1.82) is 0 Å². The van der Waals surface area contributed by atoms with E-state index in [1.165, 1.54) is 0 Å². The van der Waals surface area contributed by atoms with Crippen LogP contribution in [0.2, 0.25) is 0 Å². The predicted molar refractivity (Wildman–Crippen MR) is 79.4 cm³/mol. The van der Waals surface area contributed by atoms with Gasteiger partial charge in [0.15, 0.2) is 0 Å². The SMILES string of the molecule is CC(C)N(CCO)C(=O)c1cc(N)c2ccccc2n1. The highest BCUT2D eigenvalue weighted by molar-refractivity contribution is 5.99. The van der Waals surface area contributed by atoms with Crippen LogP contribution in [-0.2, 0) is 0 Å². The highest BCUT2D eigenvalue weighted by atomic mass is 16.3. The second-order valence-corrected chi connectivity index (χ2v) is 4.93. The van der Waals surface area contributed by atoms with Gasteiger partial charge in [0.2, 0.25) is 0 Å². The summed E-state index contributed by atoms with van der Waals surface area (Å²) >= 11 is 0. The van der Waals surface area contributed by atoms with Crippen molar-refractivity contribution in [1.82, 2.24) is 9.88 Å². The van der Waals surface area contributed by atoms with E-state index in [2.05, 4.69) is 4.98 Å². The standard InChI is InChI=1S/C15H19N3O2/c1-10(2)18(7-8-19)15(20)14-9-12(16)11-5-3-4-6-13(11)17-14/h3-6,9-10,19H,7-8H2,1-2H3,(H2,16,17). The first kappa shape index (κ1) is 14.3. The van der Waals surface area contributed by atoms with E-state index in [1.807, 2.05) is 38.1 Å². The van der Waals surface area contributed by atoms with Crippen LogP contribution in [0.15, 0.2) is 30.3 Å². The average molecular weight is 273 g/mol. The van der Waals surface area contributed by atoms with E-state index in [1.54, 1.807) is 11.0 Å². The van der Waals surface area contributed by atoms with Gasteiger partial charge in [-0.3, -0.25) is 4.79 Å². The van der Waals surface area contributed by atoms with Crippen molar-refractivity contribution in [3.05, 3.63) is 36.0 Å². The monoisotopic (exact) mass is 273 g/mol. The second-order valence-electron chi connectivity index (χ2n) is 4.93. The number of benzene rings is 1. The quantitative estimate of drug-likeness (QED) is 0.888. The van der Waals surface area contributed by atoms with Gasteiger partial charge in [0.05, 0.1) is 12.1 Å². The van der Waals surface area contributed by atoms with Crippen LogP contribution in [0.4, 0.5) is 5.69 Å². The number of aliphatic hydroxyl groups excluding tert-OH is 1. The second kappa shape index (κ2) is 5.88. The number of rotatable bonds is 4. The predicted octanol–water partition coefficient (Wildman–Crippen LogP) is 1.66. The lowest BCUT2D eigenvalue weighted by molar-refractivity contribution is 0.0660. The zero-order valence-corrected chi connectivity index (χ0v) is 11.7. The molecule has 2 rings (SSSR count). The van der Waals surface area contributed by atoms with Gasteiger partial charge in [-0.15, -0.1) is 0 Å². The third-order valence-electron chi connectivity index (χ3n) is 3.19. The Bertz CT molecular complexity index is 626. The summed E-state index contributed by atoms with van der Waals surface area (Å²) in [6, 6.07) is 9.03. The number of nitrogen functional groups attached to an aromatic ring is 1. The molecular formula is C15H19N3O2. The molecule has 0 aliphatic rings. The third-order valence-corrected chi connectivity index (χ3v) is 3.19. The Labute approximate surface area is 118 Å². The molecule has 0 spiro atoms. The third kappa shape index (κ3) is 2.72.